The molecule has 0 unspecified atom stereocenters. The number of rotatable bonds is 4. The van der Waals surface area contributed by atoms with Gasteiger partial charge in [0.05, 0.1) is 8.07 Å². The van der Waals surface area contributed by atoms with Crippen LogP contribution in [0.5, 0.6) is 11.5 Å². The van der Waals surface area contributed by atoms with Gasteiger partial charge in [-0.05, 0) is 12.1 Å². The van der Waals surface area contributed by atoms with Gasteiger partial charge < -0.3 is 9.47 Å². The topological polar surface area (TPSA) is 18.5 Å². The molecule has 1 aromatic rings. The Labute approximate surface area is 98.6 Å². The number of ether oxygens (including phenoxy) is 2. The molecule has 0 saturated heterocycles. The molecule has 2 rings (SSSR count). The van der Waals surface area contributed by atoms with Gasteiger partial charge in [-0.2, -0.15) is 0 Å². The van der Waals surface area contributed by atoms with E-state index in [1.807, 2.05) is 0 Å². The minimum atomic E-state index is -1.27. The predicted octanol–water partition coefficient (Wildman–Crippen LogP) is 3.13. The van der Waals surface area contributed by atoms with Crippen LogP contribution in [0, 0.1) is 0 Å². The van der Waals surface area contributed by atoms with Gasteiger partial charge in [-0.3, -0.25) is 0 Å². The SMILES string of the molecule is CC[Si](CC)(CC)c1ccc2c(c1)OCO2. The van der Waals surface area contributed by atoms with Crippen LogP contribution in [0.1, 0.15) is 20.8 Å². The van der Waals surface area contributed by atoms with Crippen LogP contribution >= 0.6 is 0 Å². The maximum Gasteiger partial charge on any atom is 0.231 e. The lowest BCUT2D eigenvalue weighted by Crippen LogP contribution is -2.45. The van der Waals surface area contributed by atoms with Crippen molar-refractivity contribution in [1.29, 1.82) is 0 Å². The number of benzene rings is 1. The number of fused-ring (bicyclic) bond motifs is 1. The number of hydrogen-bond donors (Lipinski definition) is 0. The van der Waals surface area contributed by atoms with E-state index in [1.54, 1.807) is 0 Å². The predicted molar refractivity (Wildman–Crippen MR) is 69.4 cm³/mol. The molecule has 88 valence electrons. The molecule has 0 aliphatic carbocycles. The Morgan fingerprint density at radius 1 is 1.00 bits per heavy atom. The van der Waals surface area contributed by atoms with Gasteiger partial charge >= 0.3 is 0 Å². The van der Waals surface area contributed by atoms with Crippen LogP contribution in [0.2, 0.25) is 18.1 Å². The van der Waals surface area contributed by atoms with E-state index in [-0.39, 0.29) is 0 Å². The van der Waals surface area contributed by atoms with E-state index >= 15 is 0 Å². The van der Waals surface area contributed by atoms with E-state index in [9.17, 15) is 0 Å². The van der Waals surface area contributed by atoms with E-state index in [1.165, 1.54) is 23.3 Å². The van der Waals surface area contributed by atoms with Crippen molar-refractivity contribution in [3.63, 3.8) is 0 Å². The van der Waals surface area contributed by atoms with Gasteiger partial charge in [-0.15, -0.1) is 0 Å². The maximum atomic E-state index is 5.47. The summed E-state index contributed by atoms with van der Waals surface area (Å²) in [4.78, 5) is 0. The molecule has 1 aliphatic heterocycles. The minimum Gasteiger partial charge on any atom is -0.454 e. The molecular weight excluding hydrogens is 216 g/mol. The van der Waals surface area contributed by atoms with Gasteiger partial charge in [0, 0.05) is 0 Å². The first kappa shape index (κ1) is 11.5. The van der Waals surface area contributed by atoms with Crippen LogP contribution in [0.4, 0.5) is 0 Å². The second-order valence-corrected chi connectivity index (χ2v) is 9.67. The van der Waals surface area contributed by atoms with Crippen LogP contribution in [0.15, 0.2) is 18.2 Å². The summed E-state index contributed by atoms with van der Waals surface area (Å²) in [5.74, 6) is 1.83. The van der Waals surface area contributed by atoms with E-state index in [4.69, 9.17) is 9.47 Å². The summed E-state index contributed by atoms with van der Waals surface area (Å²) in [5.41, 5.74) is 0. The molecule has 0 spiro atoms. The molecule has 1 aliphatic rings. The summed E-state index contributed by atoms with van der Waals surface area (Å²) in [5, 5.41) is 1.52. The Hall–Kier alpha value is -0.963. The highest BCUT2D eigenvalue weighted by Gasteiger charge is 2.30. The first-order valence-electron chi connectivity index (χ1n) is 6.16. The molecule has 16 heavy (non-hydrogen) atoms. The lowest BCUT2D eigenvalue weighted by molar-refractivity contribution is 0.174. The smallest absolute Gasteiger partial charge is 0.231 e. The van der Waals surface area contributed by atoms with Crippen LogP contribution in [-0.2, 0) is 0 Å². The largest absolute Gasteiger partial charge is 0.454 e. The van der Waals surface area contributed by atoms with Crippen molar-refractivity contribution in [2.24, 2.45) is 0 Å². The highest BCUT2D eigenvalue weighted by Crippen LogP contribution is 2.32. The van der Waals surface area contributed by atoms with Gasteiger partial charge in [-0.25, -0.2) is 0 Å². The fourth-order valence-corrected chi connectivity index (χ4v) is 6.19. The third kappa shape index (κ3) is 1.73. The van der Waals surface area contributed by atoms with E-state index in [2.05, 4.69) is 39.0 Å². The molecule has 0 amide bonds. The second kappa shape index (κ2) is 4.50. The van der Waals surface area contributed by atoms with Gasteiger partial charge in [0.1, 0.15) is 0 Å². The molecule has 1 heterocycles. The fourth-order valence-electron chi connectivity index (χ4n) is 2.59. The quantitative estimate of drug-likeness (QED) is 0.748. The van der Waals surface area contributed by atoms with Gasteiger partial charge in [0.25, 0.3) is 0 Å². The lowest BCUT2D eigenvalue weighted by atomic mass is 10.3. The zero-order chi connectivity index (χ0) is 11.6. The Morgan fingerprint density at radius 2 is 1.62 bits per heavy atom. The summed E-state index contributed by atoms with van der Waals surface area (Å²) in [6, 6.07) is 10.4. The lowest BCUT2D eigenvalue weighted by Gasteiger charge is -2.28. The Bertz CT molecular complexity index is 364. The van der Waals surface area contributed by atoms with Crippen molar-refractivity contribution >= 4 is 13.3 Å². The highest BCUT2D eigenvalue weighted by atomic mass is 28.3. The van der Waals surface area contributed by atoms with Crippen LogP contribution in [0.25, 0.3) is 0 Å². The third-order valence-electron chi connectivity index (χ3n) is 4.02. The van der Waals surface area contributed by atoms with E-state index in [0.717, 1.165) is 11.5 Å². The number of hydrogen-bond acceptors (Lipinski definition) is 2. The Morgan fingerprint density at radius 3 is 2.25 bits per heavy atom. The molecule has 3 heteroatoms. The molecule has 0 atom stereocenters. The average molecular weight is 236 g/mol. The van der Waals surface area contributed by atoms with E-state index < -0.39 is 8.07 Å². The average Bonchev–Trinajstić information content (AvgIpc) is 2.79. The first-order chi connectivity index (χ1) is 7.75. The molecule has 1 aromatic carbocycles. The molecule has 0 saturated carbocycles. The van der Waals surface area contributed by atoms with Crippen molar-refractivity contribution in [1.82, 2.24) is 0 Å². The standard InChI is InChI=1S/C13H20O2Si/c1-4-16(5-2,6-3)11-7-8-12-13(9-11)15-10-14-12/h7-9H,4-6,10H2,1-3H3. The van der Waals surface area contributed by atoms with Crippen molar-refractivity contribution in [3.05, 3.63) is 18.2 Å². The van der Waals surface area contributed by atoms with Gasteiger partial charge in [0.15, 0.2) is 11.5 Å². The Balaban J connectivity index is 2.39. The molecule has 0 fully saturated rings. The van der Waals surface area contributed by atoms with Crippen molar-refractivity contribution in [2.45, 2.75) is 38.9 Å². The molecule has 0 N–H and O–H groups in total. The highest BCUT2D eigenvalue weighted by molar-refractivity contribution is 6.91. The van der Waals surface area contributed by atoms with Crippen molar-refractivity contribution in [3.8, 4) is 11.5 Å². The summed E-state index contributed by atoms with van der Waals surface area (Å²) in [7, 11) is -1.27. The summed E-state index contributed by atoms with van der Waals surface area (Å²) < 4.78 is 10.8. The fraction of sp³-hybridized carbons (Fsp3) is 0.538. The van der Waals surface area contributed by atoms with Crippen LogP contribution in [-0.4, -0.2) is 14.9 Å². The summed E-state index contributed by atoms with van der Waals surface area (Å²) >= 11 is 0. The Kier molecular flexibility index (Phi) is 3.24. The van der Waals surface area contributed by atoms with Gasteiger partial charge in [-0.1, -0.05) is 50.2 Å². The summed E-state index contributed by atoms with van der Waals surface area (Å²) in [6.45, 7) is 7.34. The minimum absolute atomic E-state index is 0.373. The third-order valence-corrected chi connectivity index (χ3v) is 9.61. The molecule has 0 radical (unpaired) electrons. The first-order valence-corrected chi connectivity index (χ1v) is 8.78. The zero-order valence-electron chi connectivity index (χ0n) is 10.4. The molecule has 2 nitrogen and oxygen atoms in total. The van der Waals surface area contributed by atoms with E-state index in [0.29, 0.717) is 6.79 Å². The summed E-state index contributed by atoms with van der Waals surface area (Å²) in [6.07, 6.45) is 0. The monoisotopic (exact) mass is 236 g/mol. The molecule has 0 bridgehead atoms. The maximum absolute atomic E-state index is 5.47. The normalized spacial score (nSPS) is 14.2. The van der Waals surface area contributed by atoms with Crippen molar-refractivity contribution < 1.29 is 9.47 Å². The van der Waals surface area contributed by atoms with Crippen LogP contribution < -0.4 is 14.7 Å². The van der Waals surface area contributed by atoms with Gasteiger partial charge in [0.2, 0.25) is 6.79 Å². The molecule has 0 aromatic heterocycles. The van der Waals surface area contributed by atoms with Crippen molar-refractivity contribution in [2.75, 3.05) is 6.79 Å². The van der Waals surface area contributed by atoms with Crippen LogP contribution in [0.3, 0.4) is 0 Å². The second-order valence-electron chi connectivity index (χ2n) is 4.41. The zero-order valence-corrected chi connectivity index (χ0v) is 11.4. The molecular formula is C13H20O2Si.